The van der Waals surface area contributed by atoms with Crippen LogP contribution < -0.4 is 0 Å². The van der Waals surface area contributed by atoms with E-state index < -0.39 is 4.92 Å². The number of ketones is 2. The molecule has 0 atom stereocenters. The van der Waals surface area contributed by atoms with Crippen molar-refractivity contribution in [3.8, 4) is 11.3 Å². The average Bonchev–Trinajstić information content (AvgIpc) is 3.21. The Morgan fingerprint density at radius 2 is 1.54 bits per heavy atom. The highest BCUT2D eigenvalue weighted by Crippen LogP contribution is 2.33. The van der Waals surface area contributed by atoms with Crippen molar-refractivity contribution < 1.29 is 18.9 Å². The second kappa shape index (κ2) is 6.42. The van der Waals surface area contributed by atoms with Gasteiger partial charge in [0.2, 0.25) is 0 Å². The van der Waals surface area contributed by atoms with Gasteiger partial charge in [0.1, 0.15) is 11.5 Å². The second-order valence-corrected chi connectivity index (χ2v) is 6.67. The third-order valence-corrected chi connectivity index (χ3v) is 4.82. The number of hydrogen-bond acceptors (Lipinski definition) is 5. The summed E-state index contributed by atoms with van der Waals surface area (Å²) >= 11 is 0. The van der Waals surface area contributed by atoms with Crippen LogP contribution in [0.2, 0.25) is 0 Å². The fraction of sp³-hybridized carbons (Fsp3) is 0.0909. The van der Waals surface area contributed by atoms with E-state index in [0.29, 0.717) is 33.8 Å². The van der Waals surface area contributed by atoms with Crippen LogP contribution in [0.25, 0.3) is 17.4 Å². The van der Waals surface area contributed by atoms with Gasteiger partial charge in [0.15, 0.2) is 11.6 Å². The molecular formula is C22H15NO5. The minimum absolute atomic E-state index is 0.00787. The van der Waals surface area contributed by atoms with E-state index in [9.17, 15) is 19.7 Å². The molecule has 0 amide bonds. The summed E-state index contributed by atoms with van der Waals surface area (Å²) < 4.78 is 5.78. The van der Waals surface area contributed by atoms with E-state index in [1.54, 1.807) is 49.4 Å². The van der Waals surface area contributed by atoms with Gasteiger partial charge in [-0.15, -0.1) is 0 Å². The zero-order chi connectivity index (χ0) is 20.0. The molecule has 0 bridgehead atoms. The van der Waals surface area contributed by atoms with Crippen LogP contribution in [0, 0.1) is 24.0 Å². The molecule has 1 aromatic heterocycles. The number of nitro groups is 1. The van der Waals surface area contributed by atoms with E-state index in [1.807, 2.05) is 6.92 Å². The van der Waals surface area contributed by atoms with Crippen LogP contribution in [0.15, 0.2) is 58.5 Å². The van der Waals surface area contributed by atoms with Crippen LogP contribution in [0.1, 0.15) is 37.6 Å². The molecule has 0 saturated carbocycles. The zero-order valence-electron chi connectivity index (χ0n) is 15.2. The lowest BCUT2D eigenvalue weighted by molar-refractivity contribution is -0.385. The first-order valence-corrected chi connectivity index (χ1v) is 8.63. The Hall–Kier alpha value is -3.80. The van der Waals surface area contributed by atoms with Gasteiger partial charge in [-0.1, -0.05) is 24.3 Å². The minimum atomic E-state index is -0.433. The number of fused-ring (bicyclic) bond motifs is 1. The predicted octanol–water partition coefficient (Wildman–Crippen LogP) is 4.93. The lowest BCUT2D eigenvalue weighted by atomic mass is 10.0. The lowest BCUT2D eigenvalue weighted by Gasteiger charge is -2.05. The Labute approximate surface area is 160 Å². The molecule has 28 heavy (non-hydrogen) atoms. The molecule has 6 heteroatoms. The number of carbonyl (C=O) groups is 2. The van der Waals surface area contributed by atoms with Crippen molar-refractivity contribution in [2.45, 2.75) is 13.8 Å². The molecule has 138 valence electrons. The van der Waals surface area contributed by atoms with Gasteiger partial charge in [-0.25, -0.2) is 0 Å². The Bertz CT molecular complexity index is 1160. The highest BCUT2D eigenvalue weighted by Gasteiger charge is 2.32. The summed E-state index contributed by atoms with van der Waals surface area (Å²) in [6.45, 7) is 3.52. The van der Waals surface area contributed by atoms with E-state index in [2.05, 4.69) is 0 Å². The average molecular weight is 373 g/mol. The summed E-state index contributed by atoms with van der Waals surface area (Å²) in [5, 5.41) is 11.2. The molecule has 3 aromatic rings. The van der Waals surface area contributed by atoms with Crippen molar-refractivity contribution in [1.82, 2.24) is 0 Å². The molecule has 0 N–H and O–H groups in total. The lowest BCUT2D eigenvalue weighted by Crippen LogP contribution is -1.99. The molecule has 0 radical (unpaired) electrons. The molecule has 0 unspecified atom stereocenters. The number of benzene rings is 2. The molecule has 1 aliphatic carbocycles. The van der Waals surface area contributed by atoms with Gasteiger partial charge >= 0.3 is 0 Å². The Balaban J connectivity index is 1.73. The molecule has 1 aliphatic rings. The monoisotopic (exact) mass is 373 g/mol. The molecule has 0 saturated heterocycles. The standard InChI is InChI=1S/C22H15NO5/c1-12-9-13(2)19(23(26)27)11-17(12)20-8-7-14(28-20)10-18-21(24)15-5-3-4-6-16(15)22(18)25/h3-11H,1-2H3. The number of hydrogen-bond donors (Lipinski definition) is 0. The summed E-state index contributed by atoms with van der Waals surface area (Å²) in [5.41, 5.74) is 2.82. The second-order valence-electron chi connectivity index (χ2n) is 6.67. The summed E-state index contributed by atoms with van der Waals surface area (Å²) in [7, 11) is 0. The summed E-state index contributed by atoms with van der Waals surface area (Å²) in [4.78, 5) is 35.8. The third kappa shape index (κ3) is 2.75. The quantitative estimate of drug-likeness (QED) is 0.281. The SMILES string of the molecule is Cc1cc(C)c([N+](=O)[O-])cc1-c1ccc(C=C2C(=O)c3ccccc3C2=O)o1. The number of allylic oxidation sites excluding steroid dienone is 1. The third-order valence-electron chi connectivity index (χ3n) is 4.82. The number of carbonyl (C=O) groups excluding carboxylic acids is 2. The van der Waals surface area contributed by atoms with Gasteiger partial charge in [0, 0.05) is 28.3 Å². The van der Waals surface area contributed by atoms with Crippen molar-refractivity contribution in [3.63, 3.8) is 0 Å². The van der Waals surface area contributed by atoms with Gasteiger partial charge in [-0.05, 0) is 43.7 Å². The van der Waals surface area contributed by atoms with Gasteiger partial charge in [-0.3, -0.25) is 19.7 Å². The van der Waals surface area contributed by atoms with Crippen LogP contribution in [-0.2, 0) is 0 Å². The van der Waals surface area contributed by atoms with E-state index in [-0.39, 0.29) is 22.8 Å². The number of nitrogens with zero attached hydrogens (tertiary/aromatic N) is 1. The first kappa shape index (κ1) is 17.6. The fourth-order valence-electron chi connectivity index (χ4n) is 3.42. The van der Waals surface area contributed by atoms with E-state index >= 15 is 0 Å². The van der Waals surface area contributed by atoms with E-state index in [0.717, 1.165) is 5.56 Å². The van der Waals surface area contributed by atoms with E-state index in [1.165, 1.54) is 12.1 Å². The van der Waals surface area contributed by atoms with Crippen molar-refractivity contribution >= 4 is 23.3 Å². The van der Waals surface area contributed by atoms with E-state index in [4.69, 9.17) is 4.42 Å². The number of aryl methyl sites for hydroxylation is 2. The molecule has 6 nitrogen and oxygen atoms in total. The summed E-state index contributed by atoms with van der Waals surface area (Å²) in [6, 6.07) is 13.2. The molecule has 0 aliphatic heterocycles. The maximum absolute atomic E-state index is 12.5. The van der Waals surface area contributed by atoms with Crippen LogP contribution in [0.3, 0.4) is 0 Å². The molecule has 0 spiro atoms. The Kier molecular flexibility index (Phi) is 4.04. The molecule has 0 fully saturated rings. The number of nitro benzene ring substituents is 1. The predicted molar refractivity (Wildman–Crippen MR) is 103 cm³/mol. The normalized spacial score (nSPS) is 13.0. The van der Waals surface area contributed by atoms with Crippen LogP contribution in [-0.4, -0.2) is 16.5 Å². The van der Waals surface area contributed by atoms with Gasteiger partial charge in [0.25, 0.3) is 5.69 Å². The highest BCUT2D eigenvalue weighted by molar-refractivity contribution is 6.41. The first-order chi connectivity index (χ1) is 13.4. The van der Waals surface area contributed by atoms with Gasteiger partial charge in [-0.2, -0.15) is 0 Å². The van der Waals surface area contributed by atoms with Crippen molar-refractivity contribution in [2.24, 2.45) is 0 Å². The maximum atomic E-state index is 12.5. The molecule has 2 aromatic carbocycles. The van der Waals surface area contributed by atoms with Gasteiger partial charge < -0.3 is 4.42 Å². The number of furan rings is 1. The van der Waals surface area contributed by atoms with Crippen LogP contribution in [0.4, 0.5) is 5.69 Å². The maximum Gasteiger partial charge on any atom is 0.273 e. The fourth-order valence-corrected chi connectivity index (χ4v) is 3.42. The smallest absolute Gasteiger partial charge is 0.273 e. The highest BCUT2D eigenvalue weighted by atomic mass is 16.6. The van der Waals surface area contributed by atoms with Crippen molar-refractivity contribution in [3.05, 3.63) is 92.2 Å². The zero-order valence-corrected chi connectivity index (χ0v) is 15.2. The molecule has 1 heterocycles. The van der Waals surface area contributed by atoms with Crippen LogP contribution in [0.5, 0.6) is 0 Å². The van der Waals surface area contributed by atoms with Gasteiger partial charge in [0.05, 0.1) is 10.5 Å². The summed E-state index contributed by atoms with van der Waals surface area (Å²) in [6.07, 6.45) is 1.42. The largest absolute Gasteiger partial charge is 0.457 e. The van der Waals surface area contributed by atoms with Crippen LogP contribution >= 0.6 is 0 Å². The number of Topliss-reactive ketones (excluding diaryl/α,β-unsaturated/α-hetero) is 2. The topological polar surface area (TPSA) is 90.4 Å². The first-order valence-electron chi connectivity index (χ1n) is 8.63. The van der Waals surface area contributed by atoms with Crippen molar-refractivity contribution in [2.75, 3.05) is 0 Å². The Morgan fingerprint density at radius 1 is 0.893 bits per heavy atom. The Morgan fingerprint density at radius 3 is 2.14 bits per heavy atom. The van der Waals surface area contributed by atoms with Crippen molar-refractivity contribution in [1.29, 1.82) is 0 Å². The number of rotatable bonds is 3. The molecular weight excluding hydrogens is 358 g/mol. The summed E-state index contributed by atoms with van der Waals surface area (Å²) in [5.74, 6) is 0.103. The minimum Gasteiger partial charge on any atom is -0.457 e. The molecule has 4 rings (SSSR count).